The number of H-pyrrole nitrogens is 1. The van der Waals surface area contributed by atoms with Gasteiger partial charge in [0.15, 0.2) is 5.75 Å². The van der Waals surface area contributed by atoms with E-state index in [-0.39, 0.29) is 17.3 Å². The number of pyridine rings is 1. The van der Waals surface area contributed by atoms with Crippen LogP contribution in [0.25, 0.3) is 0 Å². The van der Waals surface area contributed by atoms with E-state index in [9.17, 15) is 14.7 Å². The summed E-state index contributed by atoms with van der Waals surface area (Å²) in [6.45, 7) is 1.94. The molecule has 0 aromatic carbocycles. The van der Waals surface area contributed by atoms with E-state index in [2.05, 4.69) is 9.88 Å². The number of aromatic amines is 1. The zero-order chi connectivity index (χ0) is 15.0. The highest BCUT2D eigenvalue weighted by atomic mass is 16.5. The van der Waals surface area contributed by atoms with Crippen molar-refractivity contribution in [1.82, 2.24) is 9.88 Å². The van der Waals surface area contributed by atoms with Gasteiger partial charge in [-0.2, -0.15) is 0 Å². The van der Waals surface area contributed by atoms with Gasteiger partial charge >= 0.3 is 5.97 Å². The molecule has 0 spiro atoms. The molecule has 0 unspecified atom stereocenters. The molecule has 114 valence electrons. The van der Waals surface area contributed by atoms with E-state index in [4.69, 9.17) is 4.74 Å². The summed E-state index contributed by atoms with van der Waals surface area (Å²) < 4.78 is 4.94. The molecule has 0 bridgehead atoms. The van der Waals surface area contributed by atoms with E-state index < -0.39 is 5.97 Å². The van der Waals surface area contributed by atoms with Gasteiger partial charge < -0.3 is 14.8 Å². The monoisotopic (exact) mass is 292 g/mol. The van der Waals surface area contributed by atoms with Gasteiger partial charge in [-0.3, -0.25) is 14.5 Å². The van der Waals surface area contributed by atoms with Crippen molar-refractivity contribution in [2.24, 2.45) is 17.8 Å². The molecule has 3 rings (SSSR count). The van der Waals surface area contributed by atoms with E-state index in [1.165, 1.54) is 13.2 Å². The van der Waals surface area contributed by atoms with Crippen LogP contribution in [0.4, 0.5) is 0 Å². The molecule has 2 heterocycles. The summed E-state index contributed by atoms with van der Waals surface area (Å²) in [6, 6.07) is 1.53. The fraction of sp³-hybridized carbons (Fsp3) is 0.600. The SMILES string of the molecule is COc1c[nH]c(CN2C[C@H](C(=O)O)[C@@H](C3CC3)C2)cc1=O. The van der Waals surface area contributed by atoms with Crippen LogP contribution in [0.5, 0.6) is 5.75 Å². The third kappa shape index (κ3) is 2.95. The maximum absolute atomic E-state index is 11.7. The maximum atomic E-state index is 11.7. The van der Waals surface area contributed by atoms with E-state index in [0.29, 0.717) is 24.8 Å². The number of ether oxygens (including phenoxy) is 1. The predicted molar refractivity (Wildman–Crippen MR) is 76.2 cm³/mol. The molecule has 6 heteroatoms. The average Bonchev–Trinajstić information content (AvgIpc) is 3.20. The van der Waals surface area contributed by atoms with Crippen LogP contribution in [0.15, 0.2) is 17.1 Å². The molecule has 2 atom stereocenters. The molecule has 0 radical (unpaired) electrons. The van der Waals surface area contributed by atoms with Gasteiger partial charge in [0, 0.05) is 37.6 Å². The highest BCUT2D eigenvalue weighted by Crippen LogP contribution is 2.44. The Morgan fingerprint density at radius 2 is 2.24 bits per heavy atom. The van der Waals surface area contributed by atoms with Crippen LogP contribution in [0, 0.1) is 17.8 Å². The molecule has 6 nitrogen and oxygen atoms in total. The van der Waals surface area contributed by atoms with Crippen LogP contribution >= 0.6 is 0 Å². The molecule has 1 aromatic rings. The number of likely N-dealkylation sites (tertiary alicyclic amines) is 1. The summed E-state index contributed by atoms with van der Waals surface area (Å²) in [5, 5.41) is 9.36. The fourth-order valence-corrected chi connectivity index (χ4v) is 3.30. The lowest BCUT2D eigenvalue weighted by atomic mass is 9.92. The van der Waals surface area contributed by atoms with Crippen LogP contribution in [0.2, 0.25) is 0 Å². The molecule has 1 aromatic heterocycles. The molecule has 2 N–H and O–H groups in total. The highest BCUT2D eigenvalue weighted by Gasteiger charge is 2.45. The molecule has 1 aliphatic heterocycles. The first-order chi connectivity index (χ1) is 10.1. The summed E-state index contributed by atoms with van der Waals surface area (Å²) in [4.78, 5) is 28.3. The van der Waals surface area contributed by atoms with Crippen molar-refractivity contribution >= 4 is 5.97 Å². The van der Waals surface area contributed by atoms with Gasteiger partial charge in [0.1, 0.15) is 0 Å². The fourth-order valence-electron chi connectivity index (χ4n) is 3.30. The number of methoxy groups -OCH3 is 1. The van der Waals surface area contributed by atoms with Crippen LogP contribution in [0.3, 0.4) is 0 Å². The number of rotatable bonds is 5. The Bertz CT molecular complexity index is 594. The number of aromatic nitrogens is 1. The van der Waals surface area contributed by atoms with Gasteiger partial charge in [0.05, 0.1) is 13.0 Å². The molecular weight excluding hydrogens is 272 g/mol. The lowest BCUT2D eigenvalue weighted by molar-refractivity contribution is -0.142. The minimum absolute atomic E-state index is 0.154. The van der Waals surface area contributed by atoms with Crippen LogP contribution in [0.1, 0.15) is 18.5 Å². The van der Waals surface area contributed by atoms with E-state index >= 15 is 0 Å². The number of hydrogen-bond acceptors (Lipinski definition) is 4. The third-order valence-corrected chi connectivity index (χ3v) is 4.54. The summed E-state index contributed by atoms with van der Waals surface area (Å²) in [5.74, 6) is 0.151. The summed E-state index contributed by atoms with van der Waals surface area (Å²) >= 11 is 0. The highest BCUT2D eigenvalue weighted by molar-refractivity contribution is 5.71. The maximum Gasteiger partial charge on any atom is 0.308 e. The molecule has 1 saturated carbocycles. The van der Waals surface area contributed by atoms with Crippen molar-refractivity contribution in [3.63, 3.8) is 0 Å². The third-order valence-electron chi connectivity index (χ3n) is 4.54. The van der Waals surface area contributed by atoms with Crippen molar-refractivity contribution in [2.45, 2.75) is 19.4 Å². The average molecular weight is 292 g/mol. The molecule has 1 aliphatic carbocycles. The van der Waals surface area contributed by atoms with Crippen molar-refractivity contribution < 1.29 is 14.6 Å². The molecule has 1 saturated heterocycles. The number of carboxylic acid groups (broad SMARTS) is 1. The predicted octanol–water partition coefficient (Wildman–Crippen LogP) is 0.926. The zero-order valence-electron chi connectivity index (χ0n) is 12.0. The van der Waals surface area contributed by atoms with Gasteiger partial charge in [-0.25, -0.2) is 0 Å². The number of aliphatic carboxylic acids is 1. The first kappa shape index (κ1) is 14.1. The van der Waals surface area contributed by atoms with Gasteiger partial charge in [0.25, 0.3) is 0 Å². The van der Waals surface area contributed by atoms with Crippen molar-refractivity contribution in [3.8, 4) is 5.75 Å². The standard InChI is InChI=1S/C15H20N2O4/c1-21-14-5-16-10(4-13(14)18)6-17-7-11(9-2-3-9)12(8-17)15(19)20/h4-5,9,11-12H,2-3,6-8H2,1H3,(H,16,18)(H,19,20)/t11-,12+/m1/s1. The quantitative estimate of drug-likeness (QED) is 0.843. The number of nitrogens with one attached hydrogen (secondary N) is 1. The molecule has 2 fully saturated rings. The molecule has 21 heavy (non-hydrogen) atoms. The molecular formula is C15H20N2O4. The molecule has 0 amide bonds. The van der Waals surface area contributed by atoms with Crippen LogP contribution in [-0.2, 0) is 11.3 Å². The zero-order valence-corrected chi connectivity index (χ0v) is 12.0. The minimum Gasteiger partial charge on any atom is -0.491 e. The second-order valence-corrected chi connectivity index (χ2v) is 6.03. The Balaban J connectivity index is 1.69. The van der Waals surface area contributed by atoms with Gasteiger partial charge in [0.2, 0.25) is 5.43 Å². The van der Waals surface area contributed by atoms with Crippen molar-refractivity contribution in [1.29, 1.82) is 0 Å². The first-order valence-electron chi connectivity index (χ1n) is 7.29. The normalized spacial score (nSPS) is 26.0. The smallest absolute Gasteiger partial charge is 0.308 e. The Labute approximate surface area is 122 Å². The lowest BCUT2D eigenvalue weighted by Crippen LogP contribution is -2.24. The lowest BCUT2D eigenvalue weighted by Gasteiger charge is -2.15. The second-order valence-electron chi connectivity index (χ2n) is 6.03. The Morgan fingerprint density at radius 1 is 1.48 bits per heavy atom. The van der Waals surface area contributed by atoms with Gasteiger partial charge in [-0.05, 0) is 24.7 Å². The Hall–Kier alpha value is -1.82. The van der Waals surface area contributed by atoms with Gasteiger partial charge in [-0.1, -0.05) is 0 Å². The summed E-state index contributed by atoms with van der Waals surface area (Å²) in [6.07, 6.45) is 3.87. The van der Waals surface area contributed by atoms with Crippen LogP contribution in [-0.4, -0.2) is 41.2 Å². The number of carboxylic acids is 1. The number of nitrogens with zero attached hydrogens (tertiary/aromatic N) is 1. The van der Waals surface area contributed by atoms with Crippen molar-refractivity contribution in [2.75, 3.05) is 20.2 Å². The topological polar surface area (TPSA) is 82.6 Å². The van der Waals surface area contributed by atoms with E-state index in [1.54, 1.807) is 6.20 Å². The first-order valence-corrected chi connectivity index (χ1v) is 7.29. The largest absolute Gasteiger partial charge is 0.491 e. The van der Waals surface area contributed by atoms with E-state index in [1.807, 2.05) is 0 Å². The Morgan fingerprint density at radius 3 is 2.81 bits per heavy atom. The Kier molecular flexibility index (Phi) is 3.71. The second kappa shape index (κ2) is 5.52. The van der Waals surface area contributed by atoms with E-state index in [0.717, 1.165) is 25.1 Å². The minimum atomic E-state index is -0.697. The molecule has 2 aliphatic rings. The van der Waals surface area contributed by atoms with Crippen LogP contribution < -0.4 is 10.2 Å². The van der Waals surface area contributed by atoms with Crippen molar-refractivity contribution in [3.05, 3.63) is 28.2 Å². The van der Waals surface area contributed by atoms with Gasteiger partial charge in [-0.15, -0.1) is 0 Å². The number of carbonyl (C=O) groups is 1. The summed E-state index contributed by atoms with van der Waals surface area (Å²) in [7, 11) is 1.46. The summed E-state index contributed by atoms with van der Waals surface area (Å²) in [5.41, 5.74) is 0.639. The number of hydrogen-bond donors (Lipinski definition) is 2.